The summed E-state index contributed by atoms with van der Waals surface area (Å²) < 4.78 is 15.4. The van der Waals surface area contributed by atoms with Crippen molar-refractivity contribution >= 4 is 40.9 Å². The Balaban J connectivity index is 1.77. The largest absolute Gasteiger partial charge is 0.318 e. The molecule has 0 spiro atoms. The number of anilines is 1. The van der Waals surface area contributed by atoms with Gasteiger partial charge in [-0.25, -0.2) is 4.39 Å². The summed E-state index contributed by atoms with van der Waals surface area (Å²) in [5.41, 5.74) is 6.34. The minimum Gasteiger partial charge on any atom is -0.318 e. The van der Waals surface area contributed by atoms with E-state index >= 15 is 0 Å². The lowest BCUT2D eigenvalue weighted by atomic mass is 10.1. The molecule has 162 valence electrons. The van der Waals surface area contributed by atoms with Crippen molar-refractivity contribution in [1.29, 1.82) is 0 Å². The van der Waals surface area contributed by atoms with Gasteiger partial charge in [0.05, 0.1) is 5.69 Å². The zero-order chi connectivity index (χ0) is 23.2. The van der Waals surface area contributed by atoms with E-state index in [1.54, 1.807) is 6.08 Å². The number of carbonyl (C=O) groups is 2. The molecule has 2 heterocycles. The number of hydrogen-bond acceptors (Lipinski definition) is 3. The van der Waals surface area contributed by atoms with E-state index in [9.17, 15) is 14.0 Å². The molecule has 7 heteroatoms. The molecule has 5 nitrogen and oxygen atoms in total. The zero-order valence-electron chi connectivity index (χ0n) is 18.2. The summed E-state index contributed by atoms with van der Waals surface area (Å²) in [5, 5.41) is 2.52. The molecule has 1 aromatic heterocycles. The van der Waals surface area contributed by atoms with Gasteiger partial charge in [-0.15, -0.1) is 0 Å². The van der Waals surface area contributed by atoms with Gasteiger partial charge in [0, 0.05) is 17.1 Å². The molecule has 1 fully saturated rings. The number of halogens is 1. The highest BCUT2D eigenvalue weighted by Gasteiger charge is 2.34. The highest BCUT2D eigenvalue weighted by molar-refractivity contribution is 7.80. The summed E-state index contributed by atoms with van der Waals surface area (Å²) in [4.78, 5) is 27.0. The van der Waals surface area contributed by atoms with E-state index < -0.39 is 17.6 Å². The van der Waals surface area contributed by atoms with Gasteiger partial charge in [-0.3, -0.25) is 19.8 Å². The second kappa shape index (κ2) is 8.16. The predicted octanol–water partition coefficient (Wildman–Crippen LogP) is 4.68. The highest BCUT2D eigenvalue weighted by Crippen LogP contribution is 2.27. The maximum atomic E-state index is 13.3. The van der Waals surface area contributed by atoms with E-state index in [2.05, 4.69) is 35.0 Å². The minimum absolute atomic E-state index is 0.0375. The number of carbonyl (C=O) groups excluding carboxylic acids is 2. The quantitative estimate of drug-likeness (QED) is 0.360. The van der Waals surface area contributed by atoms with Gasteiger partial charge in [0.2, 0.25) is 0 Å². The molecule has 2 amide bonds. The number of nitrogens with one attached hydrogen (secondary N) is 1. The third kappa shape index (κ3) is 3.76. The van der Waals surface area contributed by atoms with E-state index in [0.717, 1.165) is 28.2 Å². The Morgan fingerprint density at radius 3 is 2.31 bits per heavy atom. The van der Waals surface area contributed by atoms with Crippen molar-refractivity contribution in [3.05, 3.63) is 88.0 Å². The van der Waals surface area contributed by atoms with Crippen LogP contribution in [0.1, 0.15) is 28.1 Å². The Kier molecular flexibility index (Phi) is 5.52. The van der Waals surface area contributed by atoms with Gasteiger partial charge in [-0.05, 0) is 93.5 Å². The fourth-order valence-corrected chi connectivity index (χ4v) is 4.28. The summed E-state index contributed by atoms with van der Waals surface area (Å²) in [5.74, 6) is -1.54. The number of benzene rings is 2. The number of aromatic nitrogens is 1. The van der Waals surface area contributed by atoms with Gasteiger partial charge >= 0.3 is 0 Å². The van der Waals surface area contributed by atoms with Crippen molar-refractivity contribution in [3.63, 3.8) is 0 Å². The fourth-order valence-electron chi connectivity index (χ4n) is 4.00. The van der Waals surface area contributed by atoms with Gasteiger partial charge < -0.3 is 4.57 Å². The van der Waals surface area contributed by atoms with E-state index in [1.165, 1.54) is 34.7 Å². The van der Waals surface area contributed by atoms with Crippen molar-refractivity contribution in [2.75, 3.05) is 4.90 Å². The Bertz CT molecular complexity index is 1310. The lowest BCUT2D eigenvalue weighted by molar-refractivity contribution is -0.122. The van der Waals surface area contributed by atoms with E-state index in [-0.39, 0.29) is 10.7 Å². The molecular formula is C25H22FN3O2S. The number of amides is 2. The van der Waals surface area contributed by atoms with E-state index in [4.69, 9.17) is 12.2 Å². The molecule has 0 radical (unpaired) electrons. The average Bonchev–Trinajstić information content (AvgIpc) is 3.00. The van der Waals surface area contributed by atoms with Crippen LogP contribution in [-0.4, -0.2) is 21.5 Å². The Labute approximate surface area is 191 Å². The van der Waals surface area contributed by atoms with Crippen LogP contribution in [0.2, 0.25) is 0 Å². The van der Waals surface area contributed by atoms with Gasteiger partial charge in [0.1, 0.15) is 11.4 Å². The zero-order valence-corrected chi connectivity index (χ0v) is 19.0. The summed E-state index contributed by atoms with van der Waals surface area (Å²) >= 11 is 5.20. The molecule has 32 heavy (non-hydrogen) atoms. The molecule has 1 N–H and O–H groups in total. The first-order chi connectivity index (χ1) is 15.2. The van der Waals surface area contributed by atoms with Gasteiger partial charge in [-0.2, -0.15) is 0 Å². The van der Waals surface area contributed by atoms with Gasteiger partial charge in [-0.1, -0.05) is 17.7 Å². The molecule has 3 aromatic rings. The second-order valence-corrected chi connectivity index (χ2v) is 8.27. The van der Waals surface area contributed by atoms with E-state index in [1.807, 2.05) is 26.8 Å². The smallest absolute Gasteiger partial charge is 0.270 e. The molecule has 2 aromatic carbocycles. The molecule has 0 unspecified atom stereocenters. The van der Waals surface area contributed by atoms with Crippen LogP contribution in [0.4, 0.5) is 10.1 Å². The first kappa shape index (κ1) is 21.6. The van der Waals surface area contributed by atoms with Crippen molar-refractivity contribution < 1.29 is 14.0 Å². The van der Waals surface area contributed by atoms with Crippen molar-refractivity contribution in [1.82, 2.24) is 9.88 Å². The van der Waals surface area contributed by atoms with Crippen LogP contribution in [-0.2, 0) is 9.59 Å². The normalized spacial score (nSPS) is 15.5. The molecule has 0 aliphatic carbocycles. The van der Waals surface area contributed by atoms with Crippen LogP contribution >= 0.6 is 12.2 Å². The third-order valence-corrected chi connectivity index (χ3v) is 5.83. The van der Waals surface area contributed by atoms with Crippen molar-refractivity contribution in [2.24, 2.45) is 0 Å². The highest BCUT2D eigenvalue weighted by atomic mass is 32.1. The molecular weight excluding hydrogens is 425 g/mol. The molecule has 1 aliphatic rings. The Morgan fingerprint density at radius 1 is 0.969 bits per heavy atom. The third-order valence-electron chi connectivity index (χ3n) is 5.55. The van der Waals surface area contributed by atoms with Crippen LogP contribution in [0.25, 0.3) is 11.8 Å². The predicted molar refractivity (Wildman–Crippen MR) is 127 cm³/mol. The van der Waals surface area contributed by atoms with Gasteiger partial charge in [0.25, 0.3) is 11.8 Å². The second-order valence-electron chi connectivity index (χ2n) is 7.89. The molecule has 0 saturated carbocycles. The number of aryl methyl sites for hydroxylation is 3. The SMILES string of the molecule is Cc1ccc(-n2c(C)cc(C=C3C(=O)NC(=S)N(c4ccc(F)cc4)C3=O)c2C)c(C)c1. The standard InChI is InChI=1S/C25H22FN3O2S/c1-14-5-10-22(15(2)11-14)28-16(3)12-18(17(28)4)13-21-23(30)27-25(32)29(24(21)31)20-8-6-19(26)7-9-20/h5-13H,1-4H3,(H,27,30,32). The molecule has 1 aliphatic heterocycles. The van der Waals surface area contributed by atoms with Crippen LogP contribution in [0, 0.1) is 33.5 Å². The lowest BCUT2D eigenvalue weighted by Gasteiger charge is -2.28. The summed E-state index contributed by atoms with van der Waals surface area (Å²) in [6.07, 6.45) is 1.58. The number of nitrogens with zero attached hydrogens (tertiary/aromatic N) is 2. The first-order valence-electron chi connectivity index (χ1n) is 10.1. The monoisotopic (exact) mass is 447 g/mol. The summed E-state index contributed by atoms with van der Waals surface area (Å²) in [6.45, 7) is 8.04. The van der Waals surface area contributed by atoms with Crippen molar-refractivity contribution in [2.45, 2.75) is 27.7 Å². The molecule has 4 rings (SSSR count). The number of hydrogen-bond donors (Lipinski definition) is 1. The fraction of sp³-hybridized carbons (Fsp3) is 0.160. The lowest BCUT2D eigenvalue weighted by Crippen LogP contribution is -2.54. The maximum absolute atomic E-state index is 13.3. The molecule has 0 bridgehead atoms. The molecule has 1 saturated heterocycles. The number of rotatable bonds is 3. The molecule has 0 atom stereocenters. The summed E-state index contributed by atoms with van der Waals surface area (Å²) in [6, 6.07) is 13.5. The van der Waals surface area contributed by atoms with Gasteiger partial charge in [0.15, 0.2) is 5.11 Å². The Hall–Kier alpha value is -3.58. The van der Waals surface area contributed by atoms with E-state index in [0.29, 0.717) is 5.69 Å². The van der Waals surface area contributed by atoms with Crippen LogP contribution in [0.15, 0.2) is 54.1 Å². The van der Waals surface area contributed by atoms with Crippen LogP contribution < -0.4 is 10.2 Å². The topological polar surface area (TPSA) is 54.3 Å². The minimum atomic E-state index is -0.560. The number of thiocarbonyl (C=S) groups is 1. The first-order valence-corrected chi connectivity index (χ1v) is 10.5. The van der Waals surface area contributed by atoms with Crippen LogP contribution in [0.5, 0.6) is 0 Å². The van der Waals surface area contributed by atoms with Crippen LogP contribution in [0.3, 0.4) is 0 Å². The maximum Gasteiger partial charge on any atom is 0.270 e. The Morgan fingerprint density at radius 2 is 1.66 bits per heavy atom. The average molecular weight is 448 g/mol. The van der Waals surface area contributed by atoms with Crippen molar-refractivity contribution in [3.8, 4) is 5.69 Å². The summed E-state index contributed by atoms with van der Waals surface area (Å²) in [7, 11) is 0.